The number of hydrogen-bond acceptors (Lipinski definition) is 5. The summed E-state index contributed by atoms with van der Waals surface area (Å²) in [5, 5.41) is 0. The molecule has 0 spiro atoms. The Bertz CT molecular complexity index is 1220. The zero-order valence-corrected chi connectivity index (χ0v) is 21.7. The molecule has 0 unspecified atom stereocenters. The molecular weight excluding hydrogens is 458 g/mol. The molecule has 2 fully saturated rings. The first-order chi connectivity index (χ1) is 18.2. The fourth-order valence-corrected chi connectivity index (χ4v) is 5.90. The van der Waals surface area contributed by atoms with Crippen LogP contribution in [0.15, 0.2) is 60.8 Å². The molecule has 6 nitrogen and oxygen atoms in total. The van der Waals surface area contributed by atoms with E-state index in [2.05, 4.69) is 40.1 Å². The second kappa shape index (κ2) is 11.0. The van der Waals surface area contributed by atoms with E-state index >= 15 is 0 Å². The molecule has 0 radical (unpaired) electrons. The first-order valence-corrected chi connectivity index (χ1v) is 14.0. The van der Waals surface area contributed by atoms with E-state index in [1.165, 1.54) is 30.4 Å². The number of carbonyl (C=O) groups is 1. The number of piperazine rings is 1. The number of hydrogen-bond donors (Lipinski definition) is 0. The maximum Gasteiger partial charge on any atom is 0.254 e. The highest BCUT2D eigenvalue weighted by Crippen LogP contribution is 2.26. The molecule has 1 aliphatic carbocycles. The van der Waals surface area contributed by atoms with Crippen molar-refractivity contribution in [2.75, 3.05) is 44.2 Å². The molecular formula is C31H37N5O. The topological polar surface area (TPSA) is 52.6 Å². The van der Waals surface area contributed by atoms with Crippen LogP contribution in [-0.2, 0) is 25.7 Å². The number of aromatic nitrogens is 2. The van der Waals surface area contributed by atoms with Gasteiger partial charge in [0.25, 0.3) is 5.91 Å². The van der Waals surface area contributed by atoms with Gasteiger partial charge in [0.15, 0.2) is 0 Å². The predicted octanol–water partition coefficient (Wildman–Crippen LogP) is 4.18. The van der Waals surface area contributed by atoms with Crippen LogP contribution in [0.3, 0.4) is 0 Å². The van der Waals surface area contributed by atoms with Crippen LogP contribution < -0.4 is 4.90 Å². The number of fused-ring (bicyclic) bond motifs is 1. The van der Waals surface area contributed by atoms with Crippen LogP contribution in [-0.4, -0.2) is 71.0 Å². The smallest absolute Gasteiger partial charge is 0.254 e. The van der Waals surface area contributed by atoms with Crippen molar-refractivity contribution in [1.29, 1.82) is 0 Å². The van der Waals surface area contributed by atoms with E-state index < -0.39 is 0 Å². The van der Waals surface area contributed by atoms with Crippen LogP contribution >= 0.6 is 0 Å². The van der Waals surface area contributed by atoms with Crippen LogP contribution in [0.25, 0.3) is 0 Å². The van der Waals surface area contributed by atoms with Gasteiger partial charge in [-0.3, -0.25) is 9.69 Å². The summed E-state index contributed by atoms with van der Waals surface area (Å²) in [6.07, 6.45) is 9.51. The Hall–Kier alpha value is -3.25. The van der Waals surface area contributed by atoms with Crippen molar-refractivity contribution >= 4 is 11.9 Å². The summed E-state index contributed by atoms with van der Waals surface area (Å²) in [4.78, 5) is 30.4. The van der Waals surface area contributed by atoms with Crippen LogP contribution in [0.4, 0.5) is 5.95 Å². The van der Waals surface area contributed by atoms with Gasteiger partial charge in [0.05, 0.1) is 5.69 Å². The zero-order valence-electron chi connectivity index (χ0n) is 21.7. The van der Waals surface area contributed by atoms with Gasteiger partial charge < -0.3 is 9.80 Å². The molecule has 0 N–H and O–H groups in total. The molecule has 3 aliphatic rings. The molecule has 1 aromatic heterocycles. The zero-order chi connectivity index (χ0) is 25.0. The largest absolute Gasteiger partial charge is 0.338 e. The molecule has 37 heavy (non-hydrogen) atoms. The number of nitrogens with zero attached hydrogens (tertiary/aromatic N) is 5. The number of anilines is 1. The van der Waals surface area contributed by atoms with Gasteiger partial charge >= 0.3 is 0 Å². The molecule has 2 aromatic carbocycles. The maximum absolute atomic E-state index is 13.6. The first-order valence-electron chi connectivity index (χ1n) is 14.0. The highest BCUT2D eigenvalue weighted by atomic mass is 16.2. The third kappa shape index (κ3) is 5.40. The molecule has 1 amide bonds. The van der Waals surface area contributed by atoms with E-state index in [4.69, 9.17) is 9.97 Å². The summed E-state index contributed by atoms with van der Waals surface area (Å²) in [6, 6.07) is 19.4. The van der Waals surface area contributed by atoms with Crippen molar-refractivity contribution < 1.29 is 4.79 Å². The number of carbonyl (C=O) groups excluding carboxylic acids is 1. The maximum atomic E-state index is 13.6. The molecule has 6 rings (SSSR count). The second-order valence-corrected chi connectivity index (χ2v) is 10.7. The molecule has 0 atom stereocenters. The number of benzene rings is 2. The summed E-state index contributed by atoms with van der Waals surface area (Å²) < 4.78 is 0. The fourth-order valence-electron chi connectivity index (χ4n) is 5.90. The third-order valence-electron chi connectivity index (χ3n) is 8.46. The molecule has 1 saturated carbocycles. The normalized spacial score (nSPS) is 18.7. The second-order valence-electron chi connectivity index (χ2n) is 10.7. The Kier molecular flexibility index (Phi) is 7.18. The highest BCUT2D eigenvalue weighted by Gasteiger charge is 2.29. The lowest BCUT2D eigenvalue weighted by Crippen LogP contribution is -2.52. The molecule has 3 heterocycles. The van der Waals surface area contributed by atoms with Crippen molar-refractivity contribution in [3.63, 3.8) is 0 Å². The van der Waals surface area contributed by atoms with Crippen molar-refractivity contribution in [1.82, 2.24) is 19.8 Å². The van der Waals surface area contributed by atoms with E-state index in [9.17, 15) is 4.79 Å². The predicted molar refractivity (Wildman–Crippen MR) is 147 cm³/mol. The first kappa shape index (κ1) is 24.1. The summed E-state index contributed by atoms with van der Waals surface area (Å²) in [7, 11) is 0. The molecule has 6 heteroatoms. The summed E-state index contributed by atoms with van der Waals surface area (Å²) in [5.41, 5.74) is 5.55. The van der Waals surface area contributed by atoms with Gasteiger partial charge in [0.2, 0.25) is 5.95 Å². The van der Waals surface area contributed by atoms with Gasteiger partial charge in [-0.15, -0.1) is 0 Å². The fraction of sp³-hybridized carbons (Fsp3) is 0.452. The van der Waals surface area contributed by atoms with Crippen LogP contribution in [0.2, 0.25) is 0 Å². The molecule has 0 bridgehead atoms. The molecule has 192 valence electrons. The Balaban J connectivity index is 1.10. The van der Waals surface area contributed by atoms with E-state index in [0.29, 0.717) is 13.1 Å². The molecule has 1 saturated heterocycles. The summed E-state index contributed by atoms with van der Waals surface area (Å²) in [6.45, 7) is 5.62. The van der Waals surface area contributed by atoms with Gasteiger partial charge in [-0.1, -0.05) is 55.0 Å². The summed E-state index contributed by atoms with van der Waals surface area (Å²) >= 11 is 0. The van der Waals surface area contributed by atoms with Crippen LogP contribution in [0.1, 0.15) is 52.0 Å². The Morgan fingerprint density at radius 3 is 2.38 bits per heavy atom. The standard InChI is InChI=1S/C31H37N5O/c37-30(28-12-5-4-9-25(28)14-13-24-7-2-1-3-8-24)35-17-15-26-23-32-31(33-29(26)16-18-35)36-21-19-34(20-22-36)27-10-6-11-27/h1-5,7-9,12,23,27H,6,10-11,13-22H2. The third-order valence-corrected chi connectivity index (χ3v) is 8.46. The number of rotatable bonds is 6. The highest BCUT2D eigenvalue weighted by molar-refractivity contribution is 5.95. The van der Waals surface area contributed by atoms with Crippen LogP contribution in [0.5, 0.6) is 0 Å². The number of amides is 1. The lowest BCUT2D eigenvalue weighted by Gasteiger charge is -2.43. The van der Waals surface area contributed by atoms with Crippen molar-refractivity contribution in [2.45, 2.75) is 51.0 Å². The lowest BCUT2D eigenvalue weighted by atomic mass is 9.91. The van der Waals surface area contributed by atoms with Crippen molar-refractivity contribution in [3.05, 3.63) is 88.7 Å². The van der Waals surface area contributed by atoms with Crippen molar-refractivity contribution in [3.8, 4) is 0 Å². The van der Waals surface area contributed by atoms with E-state index in [1.807, 2.05) is 35.4 Å². The minimum Gasteiger partial charge on any atom is -0.338 e. The Labute approximate surface area is 220 Å². The minimum atomic E-state index is 0.136. The van der Waals surface area contributed by atoms with Gasteiger partial charge in [-0.25, -0.2) is 9.97 Å². The van der Waals surface area contributed by atoms with E-state index in [-0.39, 0.29) is 5.91 Å². The van der Waals surface area contributed by atoms with Gasteiger partial charge in [0, 0.05) is 63.5 Å². The minimum absolute atomic E-state index is 0.136. The monoisotopic (exact) mass is 495 g/mol. The SMILES string of the molecule is O=C(c1ccccc1CCc1ccccc1)N1CCc2cnc(N3CCN(C4CCC4)CC3)nc2CC1. The van der Waals surface area contributed by atoms with Crippen LogP contribution in [0, 0.1) is 0 Å². The summed E-state index contributed by atoms with van der Waals surface area (Å²) in [5.74, 6) is 0.995. The van der Waals surface area contributed by atoms with Crippen molar-refractivity contribution in [2.24, 2.45) is 0 Å². The Morgan fingerprint density at radius 2 is 1.59 bits per heavy atom. The van der Waals surface area contributed by atoms with Gasteiger partial charge in [-0.05, 0) is 54.9 Å². The van der Waals surface area contributed by atoms with Gasteiger partial charge in [-0.2, -0.15) is 0 Å². The average Bonchev–Trinajstić information content (AvgIpc) is 3.14. The van der Waals surface area contributed by atoms with E-state index in [1.54, 1.807) is 0 Å². The van der Waals surface area contributed by atoms with E-state index in [0.717, 1.165) is 80.7 Å². The quantitative estimate of drug-likeness (QED) is 0.514. The molecule has 3 aromatic rings. The lowest BCUT2D eigenvalue weighted by molar-refractivity contribution is 0.0762. The average molecular weight is 496 g/mol. The van der Waals surface area contributed by atoms with Gasteiger partial charge in [0.1, 0.15) is 0 Å². The Morgan fingerprint density at radius 1 is 0.838 bits per heavy atom. The molecule has 2 aliphatic heterocycles. The number of aryl methyl sites for hydroxylation is 2.